The van der Waals surface area contributed by atoms with Gasteiger partial charge in [0.25, 0.3) is 0 Å². The van der Waals surface area contributed by atoms with E-state index in [9.17, 15) is 4.79 Å². The van der Waals surface area contributed by atoms with E-state index >= 15 is 0 Å². The summed E-state index contributed by atoms with van der Waals surface area (Å²) in [5.74, 6) is 0.897. The third-order valence-corrected chi connectivity index (χ3v) is 4.07. The minimum absolute atomic E-state index is 0.0718. The Morgan fingerprint density at radius 1 is 0.800 bits per heavy atom. The van der Waals surface area contributed by atoms with Crippen LogP contribution in [0.3, 0.4) is 0 Å². The Morgan fingerprint density at radius 2 is 1.48 bits per heavy atom. The fourth-order valence-electron chi connectivity index (χ4n) is 2.64. The number of ether oxygens (including phenoxy) is 1. The van der Waals surface area contributed by atoms with Crippen molar-refractivity contribution in [1.82, 2.24) is 0 Å². The first-order chi connectivity index (χ1) is 12.2. The Kier molecular flexibility index (Phi) is 5.47. The maximum Gasteiger partial charge on any atom is 0.165 e. The highest BCUT2D eigenvalue weighted by Crippen LogP contribution is 2.17. The van der Waals surface area contributed by atoms with Crippen molar-refractivity contribution < 1.29 is 9.53 Å². The van der Waals surface area contributed by atoms with Crippen molar-refractivity contribution in [2.24, 2.45) is 0 Å². The van der Waals surface area contributed by atoms with Gasteiger partial charge in [0, 0.05) is 17.7 Å². The van der Waals surface area contributed by atoms with Crippen molar-refractivity contribution in [3.8, 4) is 5.75 Å². The molecule has 0 unspecified atom stereocenters. The summed E-state index contributed by atoms with van der Waals surface area (Å²) in [5.41, 5.74) is 9.24. The van der Waals surface area contributed by atoms with Gasteiger partial charge in [-0.3, -0.25) is 4.79 Å². The molecular weight excluding hydrogens is 310 g/mol. The molecule has 0 bridgehead atoms. The van der Waals surface area contributed by atoms with Crippen LogP contribution in [0.1, 0.15) is 27.9 Å². The number of nitrogens with two attached hydrogens (primary N) is 1. The first kappa shape index (κ1) is 16.8. The van der Waals surface area contributed by atoms with Gasteiger partial charge in [0.2, 0.25) is 0 Å². The van der Waals surface area contributed by atoms with Gasteiger partial charge in [0.1, 0.15) is 12.4 Å². The van der Waals surface area contributed by atoms with E-state index in [-0.39, 0.29) is 5.78 Å². The first-order valence-electron chi connectivity index (χ1n) is 8.36. The highest BCUT2D eigenvalue weighted by atomic mass is 16.5. The largest absolute Gasteiger partial charge is 0.489 e. The lowest BCUT2D eigenvalue weighted by molar-refractivity contribution is 0.0983. The molecule has 0 aliphatic heterocycles. The van der Waals surface area contributed by atoms with Crippen LogP contribution in [0.15, 0.2) is 78.9 Å². The number of carbonyl (C=O) groups excluding carboxylic acids is 1. The second-order valence-corrected chi connectivity index (χ2v) is 5.93. The summed E-state index contributed by atoms with van der Waals surface area (Å²) in [6, 6.07) is 25.2. The number of benzene rings is 3. The summed E-state index contributed by atoms with van der Waals surface area (Å²) in [5, 5.41) is 0. The van der Waals surface area contributed by atoms with E-state index in [4.69, 9.17) is 10.5 Å². The lowest BCUT2D eigenvalue weighted by Gasteiger charge is -2.08. The molecule has 126 valence electrons. The second-order valence-electron chi connectivity index (χ2n) is 5.93. The van der Waals surface area contributed by atoms with E-state index in [2.05, 4.69) is 0 Å². The van der Waals surface area contributed by atoms with Gasteiger partial charge in [-0.25, -0.2) is 0 Å². The number of Topliss-reactive ketones (excluding diaryl/α,β-unsaturated/α-hetero) is 1. The number of nitrogen functional groups attached to an aromatic ring is 1. The number of ketones is 1. The number of anilines is 1. The Balaban J connectivity index is 1.52. The van der Waals surface area contributed by atoms with Gasteiger partial charge in [-0.2, -0.15) is 0 Å². The van der Waals surface area contributed by atoms with E-state index in [0.717, 1.165) is 16.9 Å². The van der Waals surface area contributed by atoms with Gasteiger partial charge in [0.15, 0.2) is 5.78 Å². The number of carbonyl (C=O) groups is 1. The summed E-state index contributed by atoms with van der Waals surface area (Å²) >= 11 is 0. The maximum atomic E-state index is 12.3. The molecule has 3 nitrogen and oxygen atoms in total. The average Bonchev–Trinajstić information content (AvgIpc) is 2.66. The molecular formula is C22H21NO2. The lowest BCUT2D eigenvalue weighted by atomic mass is 10.0. The van der Waals surface area contributed by atoms with Crippen LogP contribution in [0, 0.1) is 0 Å². The van der Waals surface area contributed by atoms with Gasteiger partial charge in [0.05, 0.1) is 0 Å². The van der Waals surface area contributed by atoms with Gasteiger partial charge in [-0.05, 0) is 41.8 Å². The van der Waals surface area contributed by atoms with Gasteiger partial charge in [-0.15, -0.1) is 0 Å². The Morgan fingerprint density at radius 3 is 2.20 bits per heavy atom. The number of aryl methyl sites for hydroxylation is 1. The average molecular weight is 331 g/mol. The van der Waals surface area contributed by atoms with Crippen LogP contribution < -0.4 is 10.5 Å². The Hall–Kier alpha value is -3.07. The minimum atomic E-state index is 0.0718. The molecule has 0 radical (unpaired) electrons. The van der Waals surface area contributed by atoms with Crippen LogP contribution in [0.25, 0.3) is 0 Å². The van der Waals surface area contributed by atoms with Crippen molar-refractivity contribution in [2.75, 3.05) is 5.73 Å². The Bertz CT molecular complexity index is 826. The summed E-state index contributed by atoms with van der Waals surface area (Å²) in [4.78, 5) is 12.3. The van der Waals surface area contributed by atoms with Crippen molar-refractivity contribution in [1.29, 1.82) is 0 Å². The SMILES string of the molecule is Nc1ccccc1C(=O)CCc1ccc(OCc2ccccc2)cc1. The van der Waals surface area contributed by atoms with Crippen LogP contribution in [0.5, 0.6) is 5.75 Å². The minimum Gasteiger partial charge on any atom is -0.489 e. The molecule has 0 fully saturated rings. The first-order valence-corrected chi connectivity index (χ1v) is 8.36. The van der Waals surface area contributed by atoms with Crippen molar-refractivity contribution in [2.45, 2.75) is 19.4 Å². The standard InChI is InChI=1S/C22H21NO2/c23-21-9-5-4-8-20(21)22(24)15-12-17-10-13-19(14-11-17)25-16-18-6-2-1-3-7-18/h1-11,13-14H,12,15-16,23H2. The predicted octanol–water partition coefficient (Wildman–Crippen LogP) is 4.66. The molecule has 0 spiro atoms. The fraction of sp³-hybridized carbons (Fsp3) is 0.136. The van der Waals surface area contributed by atoms with Crippen molar-refractivity contribution in [3.63, 3.8) is 0 Å². The highest BCUT2D eigenvalue weighted by Gasteiger charge is 2.09. The molecule has 0 aromatic heterocycles. The summed E-state index contributed by atoms with van der Waals surface area (Å²) < 4.78 is 5.77. The normalized spacial score (nSPS) is 10.4. The molecule has 0 atom stereocenters. The summed E-state index contributed by atoms with van der Waals surface area (Å²) in [6.45, 7) is 0.548. The maximum absolute atomic E-state index is 12.3. The molecule has 0 saturated carbocycles. The molecule has 0 amide bonds. The van der Waals surface area contributed by atoms with Gasteiger partial charge in [-0.1, -0.05) is 54.6 Å². The fourth-order valence-corrected chi connectivity index (χ4v) is 2.64. The molecule has 3 aromatic carbocycles. The molecule has 3 aromatic rings. The van der Waals surface area contributed by atoms with Crippen LogP contribution in [0.2, 0.25) is 0 Å². The quantitative estimate of drug-likeness (QED) is 0.506. The molecule has 0 aliphatic carbocycles. The van der Waals surface area contributed by atoms with Crippen molar-refractivity contribution >= 4 is 11.5 Å². The lowest BCUT2D eigenvalue weighted by Crippen LogP contribution is -2.04. The van der Waals surface area contributed by atoms with E-state index in [1.165, 1.54) is 0 Å². The zero-order valence-electron chi connectivity index (χ0n) is 14.0. The molecule has 3 heteroatoms. The van der Waals surface area contributed by atoms with Crippen molar-refractivity contribution in [3.05, 3.63) is 95.6 Å². The smallest absolute Gasteiger partial charge is 0.165 e. The highest BCUT2D eigenvalue weighted by molar-refractivity contribution is 6.00. The number of hydrogen-bond donors (Lipinski definition) is 1. The molecule has 3 rings (SSSR count). The van der Waals surface area contributed by atoms with Gasteiger partial charge >= 0.3 is 0 Å². The third-order valence-electron chi connectivity index (χ3n) is 4.07. The molecule has 0 aliphatic rings. The van der Waals surface area contributed by atoms with E-state index in [1.807, 2.05) is 66.7 Å². The third kappa shape index (κ3) is 4.70. The predicted molar refractivity (Wildman–Crippen MR) is 101 cm³/mol. The second kappa shape index (κ2) is 8.15. The van der Waals surface area contributed by atoms with Crippen LogP contribution in [-0.2, 0) is 13.0 Å². The van der Waals surface area contributed by atoms with Crippen LogP contribution >= 0.6 is 0 Å². The zero-order valence-corrected chi connectivity index (χ0v) is 14.0. The van der Waals surface area contributed by atoms with E-state index < -0.39 is 0 Å². The van der Waals surface area contributed by atoms with Crippen LogP contribution in [-0.4, -0.2) is 5.78 Å². The monoisotopic (exact) mass is 331 g/mol. The number of hydrogen-bond acceptors (Lipinski definition) is 3. The molecule has 0 saturated heterocycles. The van der Waals surface area contributed by atoms with E-state index in [0.29, 0.717) is 30.7 Å². The van der Waals surface area contributed by atoms with E-state index in [1.54, 1.807) is 12.1 Å². The number of rotatable bonds is 7. The zero-order chi connectivity index (χ0) is 17.5. The number of para-hydroxylation sites is 1. The molecule has 0 heterocycles. The van der Waals surface area contributed by atoms with Gasteiger partial charge < -0.3 is 10.5 Å². The summed E-state index contributed by atoms with van der Waals surface area (Å²) in [7, 11) is 0. The molecule has 25 heavy (non-hydrogen) atoms. The summed E-state index contributed by atoms with van der Waals surface area (Å²) in [6.07, 6.45) is 1.13. The Labute approximate surface area is 148 Å². The molecule has 2 N–H and O–H groups in total. The topological polar surface area (TPSA) is 52.3 Å². The van der Waals surface area contributed by atoms with Crippen LogP contribution in [0.4, 0.5) is 5.69 Å².